The lowest BCUT2D eigenvalue weighted by atomic mass is 9.86. The van der Waals surface area contributed by atoms with Crippen molar-refractivity contribution < 1.29 is 4.79 Å². The number of halogens is 2. The van der Waals surface area contributed by atoms with E-state index >= 15 is 0 Å². The quantitative estimate of drug-likeness (QED) is 0.813. The molecule has 6 heteroatoms. The van der Waals surface area contributed by atoms with Crippen molar-refractivity contribution >= 4 is 30.7 Å². The van der Waals surface area contributed by atoms with Crippen LogP contribution in [0.25, 0.3) is 0 Å². The fraction of sp³-hybridized carbons (Fsp3) is 0.632. The molecule has 1 aromatic rings. The molecule has 2 rings (SSSR count). The van der Waals surface area contributed by atoms with Gasteiger partial charge in [-0.15, -0.1) is 24.8 Å². The molecule has 0 aliphatic carbocycles. The Labute approximate surface area is 164 Å². The molecular weight excluding hydrogens is 357 g/mol. The predicted molar refractivity (Wildman–Crippen MR) is 110 cm³/mol. The molecule has 0 saturated carbocycles. The number of nitrogens with zero attached hydrogens (tertiary/aromatic N) is 1. The van der Waals surface area contributed by atoms with Crippen molar-refractivity contribution in [2.75, 3.05) is 19.6 Å². The van der Waals surface area contributed by atoms with E-state index < -0.39 is 6.04 Å². The summed E-state index contributed by atoms with van der Waals surface area (Å²) in [6, 6.07) is 10.4. The molecule has 144 valence electrons. The lowest BCUT2D eigenvalue weighted by Crippen LogP contribution is -2.53. The molecule has 0 radical (unpaired) electrons. The van der Waals surface area contributed by atoms with Crippen molar-refractivity contribution in [3.63, 3.8) is 0 Å². The van der Waals surface area contributed by atoms with Crippen LogP contribution in [-0.2, 0) is 11.2 Å². The molecule has 1 aliphatic rings. The first-order chi connectivity index (χ1) is 10.9. The third kappa shape index (κ3) is 7.95. The SMILES string of the molecule is CC(C)(C)[C@H](N)C(=O)NC1CCN(CCc2ccccc2)CC1.Cl.Cl. The number of rotatable bonds is 5. The molecule has 3 N–H and O–H groups in total. The van der Waals surface area contributed by atoms with E-state index in [1.54, 1.807) is 0 Å². The van der Waals surface area contributed by atoms with Gasteiger partial charge < -0.3 is 16.0 Å². The number of amides is 1. The van der Waals surface area contributed by atoms with Crippen LogP contribution in [0, 0.1) is 5.41 Å². The summed E-state index contributed by atoms with van der Waals surface area (Å²) in [5.74, 6) is -0.0137. The molecule has 1 aliphatic heterocycles. The number of likely N-dealkylation sites (tertiary alicyclic amines) is 1. The Bertz CT molecular complexity index is 497. The Hall–Kier alpha value is -0.810. The van der Waals surface area contributed by atoms with Crippen LogP contribution in [0.2, 0.25) is 0 Å². The third-order valence-electron chi connectivity index (χ3n) is 4.71. The maximum atomic E-state index is 12.2. The summed E-state index contributed by atoms with van der Waals surface area (Å²) in [7, 11) is 0. The average Bonchev–Trinajstić information content (AvgIpc) is 2.53. The first-order valence-electron chi connectivity index (χ1n) is 8.68. The lowest BCUT2D eigenvalue weighted by Gasteiger charge is -2.34. The van der Waals surface area contributed by atoms with Crippen molar-refractivity contribution in [2.45, 2.75) is 52.1 Å². The number of carbonyl (C=O) groups excluding carboxylic acids is 1. The van der Waals surface area contributed by atoms with E-state index in [9.17, 15) is 4.79 Å². The van der Waals surface area contributed by atoms with Crippen LogP contribution >= 0.6 is 24.8 Å². The highest BCUT2D eigenvalue weighted by molar-refractivity contribution is 5.85. The van der Waals surface area contributed by atoms with Crippen LogP contribution < -0.4 is 11.1 Å². The fourth-order valence-corrected chi connectivity index (χ4v) is 2.92. The molecule has 25 heavy (non-hydrogen) atoms. The van der Waals surface area contributed by atoms with Crippen molar-refractivity contribution in [1.29, 1.82) is 0 Å². The second-order valence-corrected chi connectivity index (χ2v) is 7.70. The topological polar surface area (TPSA) is 58.4 Å². The summed E-state index contributed by atoms with van der Waals surface area (Å²) in [6.45, 7) is 9.19. The summed E-state index contributed by atoms with van der Waals surface area (Å²) in [5.41, 5.74) is 7.22. The molecular formula is C19H33Cl2N3O. The number of hydrogen-bond donors (Lipinski definition) is 2. The Morgan fingerprint density at radius 2 is 1.76 bits per heavy atom. The number of piperidine rings is 1. The van der Waals surface area contributed by atoms with Gasteiger partial charge in [-0.25, -0.2) is 0 Å². The van der Waals surface area contributed by atoms with E-state index in [0.29, 0.717) is 0 Å². The van der Waals surface area contributed by atoms with Crippen LogP contribution in [0.3, 0.4) is 0 Å². The van der Waals surface area contributed by atoms with Crippen molar-refractivity contribution in [2.24, 2.45) is 11.1 Å². The van der Waals surface area contributed by atoms with Crippen LogP contribution in [0.5, 0.6) is 0 Å². The minimum Gasteiger partial charge on any atom is -0.352 e. The second kappa shape index (κ2) is 11.0. The molecule has 0 spiro atoms. The molecule has 1 saturated heterocycles. The van der Waals surface area contributed by atoms with Gasteiger partial charge in [-0.2, -0.15) is 0 Å². The van der Waals surface area contributed by atoms with Gasteiger partial charge in [-0.1, -0.05) is 51.1 Å². The molecule has 0 aromatic heterocycles. The summed E-state index contributed by atoms with van der Waals surface area (Å²) in [4.78, 5) is 14.7. The Morgan fingerprint density at radius 3 is 2.28 bits per heavy atom. The minimum absolute atomic E-state index is 0. The van der Waals surface area contributed by atoms with Gasteiger partial charge in [-0.05, 0) is 30.2 Å². The van der Waals surface area contributed by atoms with Crippen LogP contribution in [-0.4, -0.2) is 42.5 Å². The number of nitrogens with one attached hydrogen (secondary N) is 1. The molecule has 1 atom stereocenters. The zero-order valence-electron chi connectivity index (χ0n) is 15.5. The van der Waals surface area contributed by atoms with Crippen molar-refractivity contribution in [1.82, 2.24) is 10.2 Å². The first-order valence-corrected chi connectivity index (χ1v) is 8.68. The molecule has 0 unspecified atom stereocenters. The zero-order valence-corrected chi connectivity index (χ0v) is 17.2. The summed E-state index contributed by atoms with van der Waals surface area (Å²) < 4.78 is 0. The summed E-state index contributed by atoms with van der Waals surface area (Å²) in [6.07, 6.45) is 3.11. The van der Waals surface area contributed by atoms with Gasteiger partial charge in [-0.3, -0.25) is 4.79 Å². The Morgan fingerprint density at radius 1 is 1.20 bits per heavy atom. The van der Waals surface area contributed by atoms with E-state index in [2.05, 4.69) is 40.5 Å². The van der Waals surface area contributed by atoms with Crippen LogP contribution in [0.15, 0.2) is 30.3 Å². The summed E-state index contributed by atoms with van der Waals surface area (Å²) in [5, 5.41) is 3.13. The lowest BCUT2D eigenvalue weighted by molar-refractivity contribution is -0.125. The highest BCUT2D eigenvalue weighted by Gasteiger charge is 2.29. The number of hydrogen-bond acceptors (Lipinski definition) is 3. The van der Waals surface area contributed by atoms with E-state index in [-0.39, 0.29) is 42.2 Å². The minimum atomic E-state index is -0.446. The largest absolute Gasteiger partial charge is 0.352 e. The normalized spacial score (nSPS) is 17.1. The monoisotopic (exact) mass is 389 g/mol. The van der Waals surface area contributed by atoms with Crippen molar-refractivity contribution in [3.05, 3.63) is 35.9 Å². The molecule has 1 amide bonds. The third-order valence-corrected chi connectivity index (χ3v) is 4.71. The van der Waals surface area contributed by atoms with Gasteiger partial charge in [0.05, 0.1) is 6.04 Å². The van der Waals surface area contributed by atoms with Crippen LogP contribution in [0.4, 0.5) is 0 Å². The van der Waals surface area contributed by atoms with Gasteiger partial charge in [0.15, 0.2) is 0 Å². The number of carbonyl (C=O) groups is 1. The molecule has 1 fully saturated rings. The van der Waals surface area contributed by atoms with E-state index in [0.717, 1.165) is 38.9 Å². The van der Waals surface area contributed by atoms with Gasteiger partial charge in [0.25, 0.3) is 0 Å². The standard InChI is InChI=1S/C19H31N3O.2ClH/c1-19(2,3)17(20)18(23)21-16-10-13-22(14-11-16)12-9-15-7-5-4-6-8-15;;/h4-8,16-17H,9-14,20H2,1-3H3,(H,21,23);2*1H/t17-;;/m1../s1. The van der Waals surface area contributed by atoms with Gasteiger partial charge in [0.2, 0.25) is 5.91 Å². The Balaban J connectivity index is 0.00000288. The maximum absolute atomic E-state index is 12.2. The maximum Gasteiger partial charge on any atom is 0.237 e. The fourth-order valence-electron chi connectivity index (χ4n) is 2.92. The zero-order chi connectivity index (χ0) is 16.9. The number of nitrogens with two attached hydrogens (primary N) is 1. The molecule has 0 bridgehead atoms. The highest BCUT2D eigenvalue weighted by Crippen LogP contribution is 2.18. The second-order valence-electron chi connectivity index (χ2n) is 7.70. The number of benzene rings is 1. The highest BCUT2D eigenvalue weighted by atomic mass is 35.5. The van der Waals surface area contributed by atoms with Gasteiger partial charge in [0, 0.05) is 25.7 Å². The Kier molecular flexibility index (Phi) is 10.7. The van der Waals surface area contributed by atoms with Crippen LogP contribution in [0.1, 0.15) is 39.2 Å². The predicted octanol–water partition coefficient (Wildman–Crippen LogP) is 3.03. The van der Waals surface area contributed by atoms with E-state index in [1.807, 2.05) is 20.8 Å². The molecule has 1 aromatic carbocycles. The first kappa shape index (κ1) is 24.2. The van der Waals surface area contributed by atoms with Gasteiger partial charge >= 0.3 is 0 Å². The average molecular weight is 390 g/mol. The van der Waals surface area contributed by atoms with Crippen molar-refractivity contribution in [3.8, 4) is 0 Å². The van der Waals surface area contributed by atoms with E-state index in [4.69, 9.17) is 5.73 Å². The van der Waals surface area contributed by atoms with E-state index in [1.165, 1.54) is 5.56 Å². The van der Waals surface area contributed by atoms with Gasteiger partial charge in [0.1, 0.15) is 0 Å². The summed E-state index contributed by atoms with van der Waals surface area (Å²) >= 11 is 0. The molecule has 4 nitrogen and oxygen atoms in total. The molecule has 1 heterocycles. The smallest absolute Gasteiger partial charge is 0.237 e.